The van der Waals surface area contributed by atoms with Gasteiger partial charge >= 0.3 is 0 Å². The van der Waals surface area contributed by atoms with E-state index in [1.165, 1.54) is 0 Å². The average molecular weight is 270 g/mol. The molecule has 3 rings (SSSR count). The van der Waals surface area contributed by atoms with Crippen LogP contribution in [0.3, 0.4) is 0 Å². The van der Waals surface area contributed by atoms with E-state index in [9.17, 15) is 0 Å². The topological polar surface area (TPSA) is 47.5 Å². The molecule has 2 aliphatic heterocycles. The number of rotatable bonds is 2. The molecule has 18 heavy (non-hydrogen) atoms. The number of anilines is 1. The van der Waals surface area contributed by atoms with Crippen molar-refractivity contribution in [3.05, 3.63) is 11.0 Å². The maximum atomic E-state index is 6.01. The largest absolute Gasteiger partial charge is 0.486 e. The molecule has 0 aliphatic carbocycles. The molecule has 1 saturated heterocycles. The quantitative estimate of drug-likeness (QED) is 0.765. The van der Waals surface area contributed by atoms with E-state index >= 15 is 0 Å². The van der Waals surface area contributed by atoms with Crippen molar-refractivity contribution in [1.29, 1.82) is 0 Å². The van der Waals surface area contributed by atoms with E-state index in [-0.39, 0.29) is 6.04 Å². The van der Waals surface area contributed by atoms with E-state index in [2.05, 4.69) is 21.8 Å². The van der Waals surface area contributed by atoms with Crippen LogP contribution in [0, 0.1) is 0 Å². The van der Waals surface area contributed by atoms with Crippen molar-refractivity contribution in [3.8, 4) is 5.75 Å². The molecule has 0 aromatic carbocycles. The zero-order chi connectivity index (χ0) is 12.5. The van der Waals surface area contributed by atoms with Gasteiger partial charge in [-0.1, -0.05) is 13.3 Å². The summed E-state index contributed by atoms with van der Waals surface area (Å²) < 4.78 is 11.3. The SMILES string of the molecule is CCCc1nc(Cl)nc2c1OCC1COCCN21. The van der Waals surface area contributed by atoms with Crippen molar-refractivity contribution in [1.82, 2.24) is 9.97 Å². The zero-order valence-electron chi connectivity index (χ0n) is 10.4. The first-order valence-corrected chi connectivity index (χ1v) is 6.71. The zero-order valence-corrected chi connectivity index (χ0v) is 11.1. The second-order valence-corrected chi connectivity index (χ2v) is 4.91. The monoisotopic (exact) mass is 269 g/mol. The summed E-state index contributed by atoms with van der Waals surface area (Å²) in [6, 6.07) is 0.242. The van der Waals surface area contributed by atoms with Gasteiger partial charge in [0.15, 0.2) is 11.6 Å². The number of hydrogen-bond donors (Lipinski definition) is 0. The van der Waals surface area contributed by atoms with Gasteiger partial charge in [0, 0.05) is 6.54 Å². The minimum absolute atomic E-state index is 0.242. The lowest BCUT2D eigenvalue weighted by molar-refractivity contribution is 0.0692. The maximum Gasteiger partial charge on any atom is 0.224 e. The summed E-state index contributed by atoms with van der Waals surface area (Å²) in [6.45, 7) is 4.99. The number of morpholine rings is 1. The van der Waals surface area contributed by atoms with Gasteiger partial charge in [-0.25, -0.2) is 4.98 Å². The molecular weight excluding hydrogens is 254 g/mol. The Morgan fingerprint density at radius 1 is 1.39 bits per heavy atom. The number of aryl methyl sites for hydroxylation is 1. The van der Waals surface area contributed by atoms with Gasteiger partial charge in [0.1, 0.15) is 6.61 Å². The van der Waals surface area contributed by atoms with Crippen LogP contribution in [0.15, 0.2) is 0 Å². The maximum absolute atomic E-state index is 6.01. The number of hydrogen-bond acceptors (Lipinski definition) is 5. The highest BCUT2D eigenvalue weighted by Crippen LogP contribution is 2.36. The smallest absolute Gasteiger partial charge is 0.224 e. The fourth-order valence-electron chi connectivity index (χ4n) is 2.45. The predicted molar refractivity (Wildman–Crippen MR) is 68.5 cm³/mol. The number of halogens is 1. The molecule has 1 atom stereocenters. The van der Waals surface area contributed by atoms with Gasteiger partial charge in [-0.05, 0) is 18.0 Å². The summed E-state index contributed by atoms with van der Waals surface area (Å²) >= 11 is 6.01. The van der Waals surface area contributed by atoms with E-state index in [0.717, 1.165) is 43.3 Å². The molecule has 0 saturated carbocycles. The van der Waals surface area contributed by atoms with Gasteiger partial charge in [-0.3, -0.25) is 0 Å². The molecule has 0 amide bonds. The van der Waals surface area contributed by atoms with E-state index in [1.807, 2.05) is 0 Å². The third-order valence-electron chi connectivity index (χ3n) is 3.30. The molecule has 98 valence electrons. The molecule has 0 spiro atoms. The highest BCUT2D eigenvalue weighted by atomic mass is 35.5. The lowest BCUT2D eigenvalue weighted by Gasteiger charge is -2.40. The molecule has 1 unspecified atom stereocenters. The Labute approximate surface area is 111 Å². The summed E-state index contributed by atoms with van der Waals surface area (Å²) in [4.78, 5) is 10.9. The summed E-state index contributed by atoms with van der Waals surface area (Å²) in [5, 5.41) is 0.299. The normalized spacial score (nSPS) is 22.1. The highest BCUT2D eigenvalue weighted by molar-refractivity contribution is 6.28. The number of nitrogens with zero attached hydrogens (tertiary/aromatic N) is 3. The molecule has 0 bridgehead atoms. The van der Waals surface area contributed by atoms with Crippen molar-refractivity contribution < 1.29 is 9.47 Å². The van der Waals surface area contributed by atoms with Crippen molar-refractivity contribution in [2.24, 2.45) is 0 Å². The van der Waals surface area contributed by atoms with Crippen LogP contribution in [0.4, 0.5) is 5.82 Å². The van der Waals surface area contributed by atoms with Crippen LogP contribution in [0.5, 0.6) is 5.75 Å². The van der Waals surface area contributed by atoms with Crippen LogP contribution in [0.25, 0.3) is 0 Å². The van der Waals surface area contributed by atoms with Gasteiger partial charge in [0.25, 0.3) is 0 Å². The Morgan fingerprint density at radius 3 is 3.11 bits per heavy atom. The second kappa shape index (κ2) is 4.90. The number of ether oxygens (including phenoxy) is 2. The van der Waals surface area contributed by atoms with Gasteiger partial charge in [-0.2, -0.15) is 4.98 Å². The Hall–Kier alpha value is -1.07. The molecule has 1 fully saturated rings. The third kappa shape index (κ3) is 2.01. The lowest BCUT2D eigenvalue weighted by atomic mass is 10.1. The first-order valence-electron chi connectivity index (χ1n) is 6.33. The van der Waals surface area contributed by atoms with Crippen LogP contribution in [-0.4, -0.2) is 42.4 Å². The number of aromatic nitrogens is 2. The summed E-state index contributed by atoms with van der Waals surface area (Å²) in [6.07, 6.45) is 1.87. The Morgan fingerprint density at radius 2 is 2.28 bits per heavy atom. The summed E-state index contributed by atoms with van der Waals surface area (Å²) in [5.74, 6) is 1.64. The molecule has 0 N–H and O–H groups in total. The average Bonchev–Trinajstić information content (AvgIpc) is 2.39. The van der Waals surface area contributed by atoms with Crippen molar-refractivity contribution >= 4 is 17.4 Å². The van der Waals surface area contributed by atoms with Crippen LogP contribution in [0.2, 0.25) is 5.28 Å². The van der Waals surface area contributed by atoms with E-state index in [4.69, 9.17) is 21.1 Å². The fourth-order valence-corrected chi connectivity index (χ4v) is 2.64. The van der Waals surface area contributed by atoms with Crippen molar-refractivity contribution in [2.45, 2.75) is 25.8 Å². The molecule has 2 aliphatic rings. The van der Waals surface area contributed by atoms with E-state index in [1.54, 1.807) is 0 Å². The molecule has 0 radical (unpaired) electrons. The van der Waals surface area contributed by atoms with Crippen molar-refractivity contribution in [3.63, 3.8) is 0 Å². The van der Waals surface area contributed by atoms with Gasteiger partial charge in [-0.15, -0.1) is 0 Å². The Kier molecular flexibility index (Phi) is 3.26. The van der Waals surface area contributed by atoms with Crippen LogP contribution in [0.1, 0.15) is 19.0 Å². The van der Waals surface area contributed by atoms with E-state index in [0.29, 0.717) is 18.5 Å². The molecule has 1 aromatic rings. The standard InChI is InChI=1S/C12H16ClN3O2/c1-2-3-9-10-11(15-12(13)14-9)16-4-5-17-6-8(16)7-18-10/h8H,2-7H2,1H3. The first kappa shape index (κ1) is 12.0. The van der Waals surface area contributed by atoms with Crippen LogP contribution in [-0.2, 0) is 11.2 Å². The molecule has 1 aromatic heterocycles. The minimum Gasteiger partial charge on any atom is -0.486 e. The van der Waals surface area contributed by atoms with E-state index < -0.39 is 0 Å². The van der Waals surface area contributed by atoms with Crippen LogP contribution >= 0.6 is 11.6 Å². The van der Waals surface area contributed by atoms with Crippen LogP contribution < -0.4 is 9.64 Å². The first-order chi connectivity index (χ1) is 8.79. The minimum atomic E-state index is 0.242. The second-order valence-electron chi connectivity index (χ2n) is 4.58. The Balaban J connectivity index is 2.02. The van der Waals surface area contributed by atoms with Gasteiger partial charge in [0.05, 0.1) is 24.9 Å². The summed E-state index contributed by atoms with van der Waals surface area (Å²) in [7, 11) is 0. The molecular formula is C12H16ClN3O2. The summed E-state index contributed by atoms with van der Waals surface area (Å²) in [5.41, 5.74) is 0.914. The lowest BCUT2D eigenvalue weighted by Crippen LogP contribution is -2.51. The third-order valence-corrected chi connectivity index (χ3v) is 3.47. The number of fused-ring (bicyclic) bond motifs is 3. The molecule has 3 heterocycles. The highest BCUT2D eigenvalue weighted by Gasteiger charge is 2.33. The van der Waals surface area contributed by atoms with Gasteiger partial charge < -0.3 is 14.4 Å². The molecule has 5 nitrogen and oxygen atoms in total. The molecule has 6 heteroatoms. The predicted octanol–water partition coefficient (Wildman–Crippen LogP) is 1.68. The fraction of sp³-hybridized carbons (Fsp3) is 0.667. The van der Waals surface area contributed by atoms with Crippen molar-refractivity contribution in [2.75, 3.05) is 31.3 Å². The Bertz CT molecular complexity index is 455. The van der Waals surface area contributed by atoms with Gasteiger partial charge in [0.2, 0.25) is 5.28 Å².